The number of benzene rings is 1. The van der Waals surface area contributed by atoms with E-state index in [2.05, 4.69) is 14.9 Å². The number of carbonyl (C=O) groups excluding carboxylic acids is 2. The Balaban J connectivity index is 1.25. The number of carbonyl (C=O) groups is 2. The molecule has 34 heavy (non-hydrogen) atoms. The summed E-state index contributed by atoms with van der Waals surface area (Å²) >= 11 is 6.03. The number of amides is 2. The van der Waals surface area contributed by atoms with Crippen molar-refractivity contribution < 1.29 is 19.1 Å². The molecular formula is C24H30ClN5O4. The average Bonchev–Trinajstić information content (AvgIpc) is 2.88. The van der Waals surface area contributed by atoms with Crippen LogP contribution in [0.15, 0.2) is 36.7 Å². The molecule has 1 aromatic carbocycles. The number of piperidine rings is 1. The molecule has 182 valence electrons. The maximum absolute atomic E-state index is 13.0. The summed E-state index contributed by atoms with van der Waals surface area (Å²) in [4.78, 5) is 39.5. The van der Waals surface area contributed by atoms with E-state index in [0.29, 0.717) is 76.2 Å². The van der Waals surface area contributed by atoms with Crippen LogP contribution in [-0.4, -0.2) is 77.6 Å². The number of anilines is 1. The molecule has 2 aliphatic heterocycles. The summed E-state index contributed by atoms with van der Waals surface area (Å²) in [5.41, 5.74) is 0.958. The Morgan fingerprint density at radius 3 is 2.53 bits per heavy atom. The zero-order chi connectivity index (χ0) is 23.9. The van der Waals surface area contributed by atoms with Crippen LogP contribution < -0.4 is 9.64 Å². The van der Waals surface area contributed by atoms with Gasteiger partial charge in [0.15, 0.2) is 5.82 Å². The largest absolute Gasteiger partial charge is 0.472 e. The van der Waals surface area contributed by atoms with Crippen LogP contribution in [-0.2, 0) is 16.1 Å². The first-order valence-corrected chi connectivity index (χ1v) is 12.1. The number of piperazine rings is 1. The van der Waals surface area contributed by atoms with Gasteiger partial charge in [0.2, 0.25) is 11.8 Å². The van der Waals surface area contributed by atoms with Gasteiger partial charge in [0.1, 0.15) is 6.61 Å². The lowest BCUT2D eigenvalue weighted by atomic mass is 9.95. The van der Waals surface area contributed by atoms with Crippen molar-refractivity contribution in [1.82, 2.24) is 19.8 Å². The summed E-state index contributed by atoms with van der Waals surface area (Å²) in [6, 6.07) is 7.51. The average molecular weight is 488 g/mol. The highest BCUT2D eigenvalue weighted by Gasteiger charge is 2.32. The molecule has 1 aromatic heterocycles. The quantitative estimate of drug-likeness (QED) is 0.618. The highest BCUT2D eigenvalue weighted by atomic mass is 35.5. The van der Waals surface area contributed by atoms with E-state index >= 15 is 0 Å². The molecule has 2 fully saturated rings. The number of rotatable bonds is 6. The summed E-state index contributed by atoms with van der Waals surface area (Å²) in [6.45, 7) is 6.26. The Labute approximate surface area is 204 Å². The molecule has 2 amide bonds. The van der Waals surface area contributed by atoms with Crippen molar-refractivity contribution in [2.24, 2.45) is 5.92 Å². The van der Waals surface area contributed by atoms with Crippen LogP contribution in [0.5, 0.6) is 5.88 Å². The molecule has 2 aromatic rings. The van der Waals surface area contributed by atoms with Crippen LogP contribution in [0.25, 0.3) is 0 Å². The third-order valence-electron chi connectivity index (χ3n) is 6.16. The number of likely N-dealkylation sites (tertiary alicyclic amines) is 1. The van der Waals surface area contributed by atoms with Crippen molar-refractivity contribution in [2.45, 2.75) is 26.4 Å². The fourth-order valence-electron chi connectivity index (χ4n) is 4.28. The Morgan fingerprint density at radius 1 is 1.06 bits per heavy atom. The zero-order valence-corrected chi connectivity index (χ0v) is 20.1. The fourth-order valence-corrected chi connectivity index (χ4v) is 4.50. The monoisotopic (exact) mass is 487 g/mol. The molecule has 2 aliphatic rings. The maximum atomic E-state index is 13.0. The molecule has 0 saturated carbocycles. The number of aromatic nitrogens is 2. The third kappa shape index (κ3) is 6.08. The lowest BCUT2D eigenvalue weighted by Gasteiger charge is -2.38. The Bertz CT molecular complexity index is 991. The van der Waals surface area contributed by atoms with Gasteiger partial charge in [0.25, 0.3) is 0 Å². The van der Waals surface area contributed by atoms with Crippen molar-refractivity contribution in [3.05, 3.63) is 47.2 Å². The van der Waals surface area contributed by atoms with Gasteiger partial charge in [-0.3, -0.25) is 9.78 Å². The summed E-state index contributed by atoms with van der Waals surface area (Å²) in [7, 11) is 0. The van der Waals surface area contributed by atoms with E-state index in [1.165, 1.54) is 0 Å². The van der Waals surface area contributed by atoms with Crippen molar-refractivity contribution >= 4 is 29.4 Å². The SMILES string of the molecule is CCOC(=O)N1CCC(C(=O)N2CCN(c3cncc(OCc4cccc(Cl)c4)n3)CC2)CC1. The van der Waals surface area contributed by atoms with E-state index in [1.54, 1.807) is 24.2 Å². The number of hydrogen-bond acceptors (Lipinski definition) is 7. The number of nitrogens with zero attached hydrogens (tertiary/aromatic N) is 5. The second kappa shape index (κ2) is 11.4. The molecule has 0 bridgehead atoms. The highest BCUT2D eigenvalue weighted by Crippen LogP contribution is 2.23. The number of hydrogen-bond donors (Lipinski definition) is 0. The van der Waals surface area contributed by atoms with Crippen LogP contribution >= 0.6 is 11.6 Å². The van der Waals surface area contributed by atoms with Crippen LogP contribution in [0.2, 0.25) is 5.02 Å². The van der Waals surface area contributed by atoms with Gasteiger partial charge in [0.05, 0.1) is 19.0 Å². The summed E-state index contributed by atoms with van der Waals surface area (Å²) in [5, 5.41) is 0.665. The fraction of sp³-hybridized carbons (Fsp3) is 0.500. The van der Waals surface area contributed by atoms with Crippen LogP contribution in [0.4, 0.5) is 10.6 Å². The molecule has 10 heteroatoms. The Morgan fingerprint density at radius 2 is 1.82 bits per heavy atom. The molecular weight excluding hydrogens is 458 g/mol. The molecule has 0 N–H and O–H groups in total. The van der Waals surface area contributed by atoms with E-state index in [0.717, 1.165) is 11.4 Å². The molecule has 3 heterocycles. The summed E-state index contributed by atoms with van der Waals surface area (Å²) in [5.74, 6) is 1.32. The lowest BCUT2D eigenvalue weighted by molar-refractivity contribution is -0.137. The smallest absolute Gasteiger partial charge is 0.409 e. The molecule has 0 aliphatic carbocycles. The molecule has 0 radical (unpaired) electrons. The molecule has 4 rings (SSSR count). The first kappa shape index (κ1) is 24.1. The molecule has 0 spiro atoms. The van der Waals surface area contributed by atoms with Gasteiger partial charge < -0.3 is 24.2 Å². The van der Waals surface area contributed by atoms with Gasteiger partial charge in [0, 0.05) is 50.2 Å². The van der Waals surface area contributed by atoms with Gasteiger partial charge >= 0.3 is 6.09 Å². The lowest BCUT2D eigenvalue weighted by Crippen LogP contribution is -2.52. The third-order valence-corrected chi connectivity index (χ3v) is 6.40. The summed E-state index contributed by atoms with van der Waals surface area (Å²) in [6.07, 6.45) is 4.37. The van der Waals surface area contributed by atoms with Crippen LogP contribution in [0, 0.1) is 5.92 Å². The van der Waals surface area contributed by atoms with Gasteiger partial charge in [-0.15, -0.1) is 0 Å². The topological polar surface area (TPSA) is 88.1 Å². The van der Waals surface area contributed by atoms with Crippen LogP contribution in [0.3, 0.4) is 0 Å². The van der Waals surface area contributed by atoms with Crippen molar-refractivity contribution in [3.8, 4) is 5.88 Å². The molecule has 0 unspecified atom stereocenters. The van der Waals surface area contributed by atoms with E-state index in [1.807, 2.05) is 29.2 Å². The van der Waals surface area contributed by atoms with E-state index < -0.39 is 0 Å². The molecule has 2 saturated heterocycles. The predicted octanol–water partition coefficient (Wildman–Crippen LogP) is 3.23. The minimum atomic E-state index is -0.290. The van der Waals surface area contributed by atoms with Crippen molar-refractivity contribution in [1.29, 1.82) is 0 Å². The van der Waals surface area contributed by atoms with Gasteiger partial charge in [-0.2, -0.15) is 4.98 Å². The van der Waals surface area contributed by atoms with Gasteiger partial charge in [-0.25, -0.2) is 4.79 Å². The van der Waals surface area contributed by atoms with E-state index in [4.69, 9.17) is 21.1 Å². The molecule has 0 atom stereocenters. The second-order valence-electron chi connectivity index (χ2n) is 8.41. The number of ether oxygens (including phenoxy) is 2. The Kier molecular flexibility index (Phi) is 8.05. The zero-order valence-electron chi connectivity index (χ0n) is 19.4. The van der Waals surface area contributed by atoms with Gasteiger partial charge in [-0.1, -0.05) is 23.7 Å². The normalized spacial score (nSPS) is 16.9. The maximum Gasteiger partial charge on any atom is 0.409 e. The van der Waals surface area contributed by atoms with E-state index in [-0.39, 0.29) is 17.9 Å². The first-order chi connectivity index (χ1) is 16.5. The predicted molar refractivity (Wildman–Crippen MR) is 128 cm³/mol. The van der Waals surface area contributed by atoms with E-state index in [9.17, 15) is 9.59 Å². The molecule has 9 nitrogen and oxygen atoms in total. The minimum Gasteiger partial charge on any atom is -0.472 e. The second-order valence-corrected chi connectivity index (χ2v) is 8.84. The van der Waals surface area contributed by atoms with Crippen LogP contribution in [0.1, 0.15) is 25.3 Å². The Hall–Kier alpha value is -3.07. The van der Waals surface area contributed by atoms with Crippen molar-refractivity contribution in [2.75, 3.05) is 50.8 Å². The summed E-state index contributed by atoms with van der Waals surface area (Å²) < 4.78 is 10.9. The first-order valence-electron chi connectivity index (χ1n) is 11.7. The standard InChI is InChI=1S/C24H30ClN5O4/c1-2-33-24(32)30-8-6-19(7-9-30)23(31)29-12-10-28(11-13-29)21-15-26-16-22(27-21)34-17-18-4-3-5-20(25)14-18/h3-5,14-16,19H,2,6-13,17H2,1H3. The van der Waals surface area contributed by atoms with Gasteiger partial charge in [-0.05, 0) is 37.5 Å². The minimum absolute atomic E-state index is 0.0414. The highest BCUT2D eigenvalue weighted by molar-refractivity contribution is 6.30. The number of halogens is 1. The van der Waals surface area contributed by atoms with Crippen molar-refractivity contribution in [3.63, 3.8) is 0 Å².